The third-order valence-electron chi connectivity index (χ3n) is 2.82. The maximum Gasteiger partial charge on any atom is 0.309 e. The number of esters is 1. The molecule has 1 aliphatic carbocycles. The Hall–Kier alpha value is -0.870. The highest BCUT2D eigenvalue weighted by Gasteiger charge is 2.28. The van der Waals surface area contributed by atoms with Crippen molar-refractivity contribution in [2.45, 2.75) is 26.2 Å². The second kappa shape index (κ2) is 5.19. The van der Waals surface area contributed by atoms with Gasteiger partial charge in [-0.05, 0) is 37.8 Å². The minimum atomic E-state index is -0.177. The zero-order valence-electron chi connectivity index (χ0n) is 9.37. The summed E-state index contributed by atoms with van der Waals surface area (Å²) in [4.78, 5) is 19.7. The molecule has 0 saturated heterocycles. The summed E-state index contributed by atoms with van der Waals surface area (Å²) in [6.45, 7) is 2.19. The topological polar surface area (TPSA) is 52.1 Å². The number of carbonyl (C=O) groups excluding carboxylic acids is 1. The second-order valence-electron chi connectivity index (χ2n) is 3.90. The molecule has 17 heavy (non-hydrogen) atoms. The summed E-state index contributed by atoms with van der Waals surface area (Å²) in [5.74, 6) is -0.325. The van der Waals surface area contributed by atoms with Crippen LogP contribution in [0.1, 0.15) is 24.6 Å². The first kappa shape index (κ1) is 12.6. The third-order valence-corrected chi connectivity index (χ3v) is 3.30. The van der Waals surface area contributed by atoms with E-state index in [1.54, 1.807) is 6.92 Å². The van der Waals surface area contributed by atoms with E-state index in [4.69, 9.17) is 27.9 Å². The van der Waals surface area contributed by atoms with Crippen LogP contribution in [0, 0.1) is 5.92 Å². The van der Waals surface area contributed by atoms with Crippen molar-refractivity contribution in [1.29, 1.82) is 0 Å². The molecule has 4 nitrogen and oxygen atoms in total. The first-order chi connectivity index (χ1) is 8.11. The Morgan fingerprint density at radius 2 is 2.24 bits per heavy atom. The van der Waals surface area contributed by atoms with E-state index in [2.05, 4.69) is 9.97 Å². The summed E-state index contributed by atoms with van der Waals surface area (Å²) >= 11 is 11.7. The Labute approximate surface area is 109 Å². The van der Waals surface area contributed by atoms with Crippen molar-refractivity contribution in [2.24, 2.45) is 5.92 Å². The Morgan fingerprint density at radius 1 is 1.47 bits per heavy atom. The number of fused-ring (bicyclic) bond motifs is 1. The van der Waals surface area contributed by atoms with Crippen molar-refractivity contribution < 1.29 is 9.53 Å². The highest BCUT2D eigenvalue weighted by molar-refractivity contribution is 6.32. The van der Waals surface area contributed by atoms with E-state index < -0.39 is 0 Å². The van der Waals surface area contributed by atoms with Gasteiger partial charge in [0.1, 0.15) is 5.15 Å². The highest BCUT2D eigenvalue weighted by Crippen LogP contribution is 2.30. The van der Waals surface area contributed by atoms with Crippen molar-refractivity contribution in [2.75, 3.05) is 6.61 Å². The van der Waals surface area contributed by atoms with Gasteiger partial charge < -0.3 is 4.74 Å². The van der Waals surface area contributed by atoms with Crippen molar-refractivity contribution in [3.63, 3.8) is 0 Å². The van der Waals surface area contributed by atoms with Crippen LogP contribution >= 0.6 is 23.2 Å². The fourth-order valence-corrected chi connectivity index (χ4v) is 2.50. The monoisotopic (exact) mass is 274 g/mol. The van der Waals surface area contributed by atoms with Crippen LogP contribution in [0.15, 0.2) is 0 Å². The normalized spacial score (nSPS) is 18.6. The van der Waals surface area contributed by atoms with Gasteiger partial charge in [-0.2, -0.15) is 0 Å². The van der Waals surface area contributed by atoms with Crippen LogP contribution in [-0.2, 0) is 22.4 Å². The molecule has 0 radical (unpaired) electrons. The van der Waals surface area contributed by atoms with Gasteiger partial charge in [-0.15, -0.1) is 0 Å². The van der Waals surface area contributed by atoms with E-state index in [0.717, 1.165) is 17.7 Å². The molecule has 0 N–H and O–H groups in total. The van der Waals surface area contributed by atoms with Crippen LogP contribution in [0.4, 0.5) is 0 Å². The molecule has 1 aliphatic rings. The largest absolute Gasteiger partial charge is 0.466 e. The van der Waals surface area contributed by atoms with E-state index in [-0.39, 0.29) is 17.2 Å². The molecular weight excluding hydrogens is 263 g/mol. The molecule has 1 unspecified atom stereocenters. The van der Waals surface area contributed by atoms with Crippen LogP contribution in [0.5, 0.6) is 0 Å². The lowest BCUT2D eigenvalue weighted by Crippen LogP contribution is -2.25. The third kappa shape index (κ3) is 2.69. The zero-order valence-corrected chi connectivity index (χ0v) is 10.9. The molecule has 6 heteroatoms. The predicted octanol–water partition coefficient (Wildman–Crippen LogP) is 2.45. The molecule has 0 bridgehead atoms. The predicted molar refractivity (Wildman–Crippen MR) is 64.2 cm³/mol. The Bertz CT molecular complexity index is 451. The van der Waals surface area contributed by atoms with E-state index in [0.29, 0.717) is 24.6 Å². The molecule has 0 amide bonds. The number of carbonyl (C=O) groups is 1. The Morgan fingerprint density at radius 3 is 2.94 bits per heavy atom. The van der Waals surface area contributed by atoms with E-state index in [1.165, 1.54) is 0 Å². The first-order valence-electron chi connectivity index (χ1n) is 5.49. The number of aryl methyl sites for hydroxylation is 1. The summed E-state index contributed by atoms with van der Waals surface area (Å²) in [6, 6.07) is 0. The fraction of sp³-hybridized carbons (Fsp3) is 0.545. The zero-order chi connectivity index (χ0) is 12.4. The number of nitrogens with zero attached hydrogens (tertiary/aromatic N) is 2. The van der Waals surface area contributed by atoms with Crippen LogP contribution in [0.25, 0.3) is 0 Å². The maximum atomic E-state index is 11.7. The van der Waals surface area contributed by atoms with Gasteiger partial charge in [-0.1, -0.05) is 11.6 Å². The molecule has 0 aliphatic heterocycles. The van der Waals surface area contributed by atoms with Crippen LogP contribution in [-0.4, -0.2) is 22.5 Å². The highest BCUT2D eigenvalue weighted by atomic mass is 35.5. The van der Waals surface area contributed by atoms with Gasteiger partial charge >= 0.3 is 5.97 Å². The summed E-state index contributed by atoms with van der Waals surface area (Å²) < 4.78 is 5.01. The van der Waals surface area contributed by atoms with Crippen molar-refractivity contribution in [3.05, 3.63) is 21.7 Å². The van der Waals surface area contributed by atoms with E-state index in [1.807, 2.05) is 0 Å². The summed E-state index contributed by atoms with van der Waals surface area (Å²) in [7, 11) is 0. The van der Waals surface area contributed by atoms with Gasteiger partial charge in [0.05, 0.1) is 18.2 Å². The average Bonchev–Trinajstić information content (AvgIpc) is 2.28. The lowest BCUT2D eigenvalue weighted by atomic mass is 9.87. The summed E-state index contributed by atoms with van der Waals surface area (Å²) in [5.41, 5.74) is 1.66. The molecule has 2 rings (SSSR count). The van der Waals surface area contributed by atoms with Gasteiger partial charge in [0, 0.05) is 5.56 Å². The van der Waals surface area contributed by atoms with Gasteiger partial charge in [0.25, 0.3) is 0 Å². The summed E-state index contributed by atoms with van der Waals surface area (Å²) in [6.07, 6.45) is 1.93. The van der Waals surface area contributed by atoms with Gasteiger partial charge in [-0.3, -0.25) is 4.79 Å². The SMILES string of the molecule is CCOC(=O)C1CCc2nc(Cl)nc(Cl)c2C1. The van der Waals surface area contributed by atoms with Crippen LogP contribution in [0.3, 0.4) is 0 Å². The molecule has 1 atom stereocenters. The lowest BCUT2D eigenvalue weighted by Gasteiger charge is -2.22. The lowest BCUT2D eigenvalue weighted by molar-refractivity contribution is -0.148. The molecule has 92 valence electrons. The van der Waals surface area contributed by atoms with Gasteiger partial charge in [0.2, 0.25) is 5.28 Å². The smallest absolute Gasteiger partial charge is 0.309 e. The molecule has 1 aromatic heterocycles. The molecule has 1 aromatic rings. The molecule has 0 spiro atoms. The minimum Gasteiger partial charge on any atom is -0.466 e. The standard InChI is InChI=1S/C11H12Cl2N2O2/c1-2-17-10(16)6-3-4-8-7(5-6)9(12)15-11(13)14-8/h6H,2-5H2,1H3. The van der Waals surface area contributed by atoms with Crippen LogP contribution in [0.2, 0.25) is 10.4 Å². The summed E-state index contributed by atoms with van der Waals surface area (Å²) in [5, 5.41) is 0.498. The fourth-order valence-electron chi connectivity index (χ4n) is 2.00. The number of rotatable bonds is 2. The van der Waals surface area contributed by atoms with Gasteiger partial charge in [0.15, 0.2) is 0 Å². The van der Waals surface area contributed by atoms with E-state index >= 15 is 0 Å². The van der Waals surface area contributed by atoms with Crippen molar-refractivity contribution >= 4 is 29.2 Å². The number of hydrogen-bond acceptors (Lipinski definition) is 4. The maximum absolute atomic E-state index is 11.7. The Balaban J connectivity index is 2.21. The molecular formula is C11H12Cl2N2O2. The number of halogens is 2. The van der Waals surface area contributed by atoms with Crippen LogP contribution < -0.4 is 0 Å². The van der Waals surface area contributed by atoms with Crippen molar-refractivity contribution in [1.82, 2.24) is 9.97 Å². The molecule has 1 heterocycles. The molecule has 0 aromatic carbocycles. The first-order valence-corrected chi connectivity index (χ1v) is 6.24. The number of aromatic nitrogens is 2. The quantitative estimate of drug-likeness (QED) is 0.472. The average molecular weight is 275 g/mol. The minimum absolute atomic E-state index is 0.148. The molecule has 0 fully saturated rings. The molecule has 0 saturated carbocycles. The Kier molecular flexibility index (Phi) is 3.84. The van der Waals surface area contributed by atoms with Gasteiger partial charge in [-0.25, -0.2) is 9.97 Å². The number of hydrogen-bond donors (Lipinski definition) is 0. The van der Waals surface area contributed by atoms with E-state index in [9.17, 15) is 4.79 Å². The number of ether oxygens (including phenoxy) is 1. The van der Waals surface area contributed by atoms with Crippen molar-refractivity contribution in [3.8, 4) is 0 Å². The second-order valence-corrected chi connectivity index (χ2v) is 4.60.